The second-order valence-corrected chi connectivity index (χ2v) is 6.56. The molecule has 5 nitrogen and oxygen atoms in total. The number of nitrogens with one attached hydrogen (secondary N) is 2. The average Bonchev–Trinajstić information content (AvgIpc) is 2.66. The third kappa shape index (κ3) is 5.45. The van der Waals surface area contributed by atoms with Crippen LogP contribution < -0.4 is 15.4 Å². The summed E-state index contributed by atoms with van der Waals surface area (Å²) in [5.74, 6) is 2.15. The summed E-state index contributed by atoms with van der Waals surface area (Å²) in [5, 5.41) is 6.67. The quantitative estimate of drug-likeness (QED) is 0.559. The number of hydrogen-bond donors (Lipinski definition) is 2. The van der Waals surface area contributed by atoms with Crippen molar-refractivity contribution in [3.8, 4) is 5.75 Å². The first-order chi connectivity index (χ1) is 13.1. The Morgan fingerprint density at radius 1 is 0.963 bits per heavy atom. The maximum atomic E-state index is 5.42. The first-order valence-corrected chi connectivity index (χ1v) is 9.19. The maximum absolute atomic E-state index is 5.42. The molecule has 0 amide bonds. The van der Waals surface area contributed by atoms with Crippen molar-refractivity contribution in [2.24, 2.45) is 0 Å². The summed E-state index contributed by atoms with van der Waals surface area (Å²) in [5.41, 5.74) is 4.26. The molecule has 0 aliphatic rings. The van der Waals surface area contributed by atoms with Crippen LogP contribution in [0.25, 0.3) is 0 Å². The van der Waals surface area contributed by atoms with Crippen LogP contribution in [0.2, 0.25) is 0 Å². The van der Waals surface area contributed by atoms with E-state index >= 15 is 0 Å². The van der Waals surface area contributed by atoms with Gasteiger partial charge in [-0.05, 0) is 49.9 Å². The molecule has 0 spiro atoms. The fourth-order valence-electron chi connectivity index (χ4n) is 2.91. The Labute approximate surface area is 160 Å². The van der Waals surface area contributed by atoms with Gasteiger partial charge >= 0.3 is 0 Å². The molecule has 0 aliphatic carbocycles. The molecule has 3 rings (SSSR count). The third-order valence-electron chi connectivity index (χ3n) is 4.25. The van der Waals surface area contributed by atoms with E-state index in [9.17, 15) is 0 Å². The number of aryl methyl sites for hydroxylation is 3. The summed E-state index contributed by atoms with van der Waals surface area (Å²) in [6, 6.07) is 18.5. The summed E-state index contributed by atoms with van der Waals surface area (Å²) in [6.07, 6.45) is 2.09. The van der Waals surface area contributed by atoms with Crippen LogP contribution in [0.4, 0.5) is 17.5 Å². The Hall–Kier alpha value is -3.08. The second kappa shape index (κ2) is 9.03. The van der Waals surface area contributed by atoms with Gasteiger partial charge in [-0.1, -0.05) is 36.4 Å². The normalized spacial score (nSPS) is 10.5. The number of hydrogen-bond acceptors (Lipinski definition) is 5. The van der Waals surface area contributed by atoms with E-state index in [0.29, 0.717) is 5.95 Å². The standard InChI is InChI=1S/C22H26N4O/c1-16-11-12-20(27-3)19(14-16)25-22-24-17(2)15-21(26-22)23-13-7-10-18-8-5-4-6-9-18/h4-6,8-9,11-12,14-15H,7,10,13H2,1-3H3,(H2,23,24,25,26). The van der Waals surface area contributed by atoms with Gasteiger partial charge in [0.2, 0.25) is 5.95 Å². The van der Waals surface area contributed by atoms with Crippen LogP contribution in [-0.2, 0) is 6.42 Å². The number of benzene rings is 2. The fraction of sp³-hybridized carbons (Fsp3) is 0.273. The second-order valence-electron chi connectivity index (χ2n) is 6.56. The van der Waals surface area contributed by atoms with Gasteiger partial charge in [-0.3, -0.25) is 0 Å². The Morgan fingerprint density at radius 2 is 1.78 bits per heavy atom. The molecular weight excluding hydrogens is 336 g/mol. The molecule has 0 saturated carbocycles. The van der Waals surface area contributed by atoms with E-state index in [0.717, 1.165) is 47.9 Å². The maximum Gasteiger partial charge on any atom is 0.229 e. The molecule has 0 radical (unpaired) electrons. The predicted molar refractivity (Wildman–Crippen MR) is 111 cm³/mol. The van der Waals surface area contributed by atoms with Gasteiger partial charge in [-0.25, -0.2) is 4.98 Å². The molecule has 0 saturated heterocycles. The van der Waals surface area contributed by atoms with Crippen molar-refractivity contribution >= 4 is 17.5 Å². The highest BCUT2D eigenvalue weighted by Crippen LogP contribution is 2.27. The van der Waals surface area contributed by atoms with Crippen LogP contribution in [0.5, 0.6) is 5.75 Å². The van der Waals surface area contributed by atoms with Crippen LogP contribution >= 0.6 is 0 Å². The lowest BCUT2D eigenvalue weighted by Gasteiger charge is -2.13. The van der Waals surface area contributed by atoms with Gasteiger partial charge in [-0.2, -0.15) is 4.98 Å². The highest BCUT2D eigenvalue weighted by atomic mass is 16.5. The number of rotatable bonds is 8. The molecule has 3 aromatic rings. The zero-order chi connectivity index (χ0) is 19.1. The molecule has 2 aromatic carbocycles. The molecule has 1 heterocycles. The Morgan fingerprint density at radius 3 is 2.56 bits per heavy atom. The zero-order valence-corrected chi connectivity index (χ0v) is 16.1. The van der Waals surface area contributed by atoms with Crippen LogP contribution in [0.15, 0.2) is 54.6 Å². The number of nitrogens with zero attached hydrogens (tertiary/aromatic N) is 2. The fourth-order valence-corrected chi connectivity index (χ4v) is 2.91. The SMILES string of the molecule is COc1ccc(C)cc1Nc1nc(C)cc(NCCCc2ccccc2)n1. The smallest absolute Gasteiger partial charge is 0.229 e. The highest BCUT2D eigenvalue weighted by Gasteiger charge is 2.07. The lowest BCUT2D eigenvalue weighted by atomic mass is 10.1. The van der Waals surface area contributed by atoms with E-state index in [-0.39, 0.29) is 0 Å². The molecule has 5 heteroatoms. The minimum Gasteiger partial charge on any atom is -0.495 e. The van der Waals surface area contributed by atoms with Crippen molar-refractivity contribution in [1.29, 1.82) is 0 Å². The topological polar surface area (TPSA) is 59.1 Å². The molecule has 0 fully saturated rings. The molecule has 2 N–H and O–H groups in total. The van der Waals surface area contributed by atoms with Gasteiger partial charge < -0.3 is 15.4 Å². The van der Waals surface area contributed by atoms with E-state index in [1.165, 1.54) is 5.56 Å². The molecule has 0 bridgehead atoms. The van der Waals surface area contributed by atoms with E-state index < -0.39 is 0 Å². The number of anilines is 3. The summed E-state index contributed by atoms with van der Waals surface area (Å²) in [6.45, 7) is 4.87. The summed E-state index contributed by atoms with van der Waals surface area (Å²) in [7, 11) is 1.66. The van der Waals surface area contributed by atoms with Crippen LogP contribution in [-0.4, -0.2) is 23.6 Å². The Kier molecular flexibility index (Phi) is 6.26. The first-order valence-electron chi connectivity index (χ1n) is 9.19. The molecule has 1 aromatic heterocycles. The minimum atomic E-state index is 0.560. The Bertz CT molecular complexity index is 881. The van der Waals surface area contributed by atoms with Crippen molar-refractivity contribution in [1.82, 2.24) is 9.97 Å². The summed E-state index contributed by atoms with van der Waals surface area (Å²) < 4.78 is 5.42. The van der Waals surface area contributed by atoms with E-state index in [2.05, 4.69) is 44.9 Å². The van der Waals surface area contributed by atoms with Gasteiger partial charge in [0.05, 0.1) is 12.8 Å². The Balaban J connectivity index is 1.63. The molecular formula is C22H26N4O. The van der Waals surface area contributed by atoms with Crippen LogP contribution in [0.3, 0.4) is 0 Å². The predicted octanol–water partition coefficient (Wildman–Crippen LogP) is 4.89. The zero-order valence-electron chi connectivity index (χ0n) is 16.1. The van der Waals surface area contributed by atoms with Crippen molar-refractivity contribution in [3.63, 3.8) is 0 Å². The molecule has 27 heavy (non-hydrogen) atoms. The first kappa shape index (κ1) is 18.7. The van der Waals surface area contributed by atoms with Gasteiger partial charge in [-0.15, -0.1) is 0 Å². The number of methoxy groups -OCH3 is 1. The van der Waals surface area contributed by atoms with E-state index in [4.69, 9.17) is 4.74 Å². The lowest BCUT2D eigenvalue weighted by molar-refractivity contribution is 0.416. The molecule has 140 valence electrons. The van der Waals surface area contributed by atoms with Gasteiger partial charge in [0.1, 0.15) is 11.6 Å². The average molecular weight is 362 g/mol. The van der Waals surface area contributed by atoms with Crippen LogP contribution in [0.1, 0.15) is 23.2 Å². The molecule has 0 unspecified atom stereocenters. The van der Waals surface area contributed by atoms with Crippen molar-refractivity contribution in [2.45, 2.75) is 26.7 Å². The van der Waals surface area contributed by atoms with E-state index in [1.54, 1.807) is 7.11 Å². The largest absolute Gasteiger partial charge is 0.495 e. The molecule has 0 aliphatic heterocycles. The van der Waals surface area contributed by atoms with Gasteiger partial charge in [0.25, 0.3) is 0 Å². The third-order valence-corrected chi connectivity index (χ3v) is 4.25. The highest BCUT2D eigenvalue weighted by molar-refractivity contribution is 5.64. The lowest BCUT2D eigenvalue weighted by Crippen LogP contribution is -2.08. The van der Waals surface area contributed by atoms with Crippen molar-refractivity contribution < 1.29 is 4.74 Å². The monoisotopic (exact) mass is 362 g/mol. The van der Waals surface area contributed by atoms with Gasteiger partial charge in [0.15, 0.2) is 0 Å². The minimum absolute atomic E-state index is 0.560. The van der Waals surface area contributed by atoms with Crippen molar-refractivity contribution in [3.05, 3.63) is 71.4 Å². The summed E-state index contributed by atoms with van der Waals surface area (Å²) in [4.78, 5) is 9.08. The van der Waals surface area contributed by atoms with E-state index in [1.807, 2.05) is 44.2 Å². The van der Waals surface area contributed by atoms with Gasteiger partial charge in [0, 0.05) is 18.3 Å². The molecule has 0 atom stereocenters. The summed E-state index contributed by atoms with van der Waals surface area (Å²) >= 11 is 0. The number of aromatic nitrogens is 2. The van der Waals surface area contributed by atoms with Crippen LogP contribution in [0, 0.1) is 13.8 Å². The number of ether oxygens (including phenoxy) is 1. The van der Waals surface area contributed by atoms with Crippen molar-refractivity contribution in [2.75, 3.05) is 24.3 Å².